The molecule has 4 heterocycles. The van der Waals surface area contributed by atoms with E-state index in [0.717, 1.165) is 49.9 Å². The van der Waals surface area contributed by atoms with Crippen molar-refractivity contribution in [2.24, 2.45) is 0 Å². The largest absolute Gasteiger partial charge is 0.487 e. The molecule has 0 spiro atoms. The number of morpholine rings is 1. The fraction of sp³-hybridized carbons (Fsp3) is 0.559. The number of anilines is 2. The number of benzene rings is 1. The number of hydrogen-bond donors (Lipinski definition) is 1. The second-order valence-corrected chi connectivity index (χ2v) is 13.6. The van der Waals surface area contributed by atoms with Crippen molar-refractivity contribution in [1.29, 1.82) is 0 Å². The summed E-state index contributed by atoms with van der Waals surface area (Å²) in [6, 6.07) is 6.02. The van der Waals surface area contributed by atoms with Gasteiger partial charge in [0.1, 0.15) is 36.8 Å². The van der Waals surface area contributed by atoms with Gasteiger partial charge in [0.25, 0.3) is 5.88 Å². The van der Waals surface area contributed by atoms with E-state index < -0.39 is 19.1 Å². The van der Waals surface area contributed by atoms with Gasteiger partial charge < -0.3 is 24.3 Å². The molecule has 1 unspecified atom stereocenters. The molecule has 0 bridgehead atoms. The quantitative estimate of drug-likeness (QED) is 0.164. The van der Waals surface area contributed by atoms with E-state index in [2.05, 4.69) is 54.0 Å². The Morgan fingerprint density at radius 3 is 2.44 bits per heavy atom. The Bertz CT molecular complexity index is 1660. The first-order valence-corrected chi connectivity index (χ1v) is 17.3. The molecule has 2 aliphatic rings. The van der Waals surface area contributed by atoms with E-state index in [-0.39, 0.29) is 36.2 Å². The van der Waals surface area contributed by atoms with Gasteiger partial charge in [-0.1, -0.05) is 17.7 Å². The van der Waals surface area contributed by atoms with Crippen molar-refractivity contribution >= 4 is 23.2 Å². The fourth-order valence-corrected chi connectivity index (χ4v) is 6.83. The van der Waals surface area contributed by atoms with Crippen LogP contribution in [0.4, 0.5) is 20.4 Å². The third-order valence-electron chi connectivity index (χ3n) is 8.88. The maximum atomic E-state index is 14.4. The highest BCUT2D eigenvalue weighted by molar-refractivity contribution is 6.32. The van der Waals surface area contributed by atoms with E-state index in [1.54, 1.807) is 35.7 Å². The van der Waals surface area contributed by atoms with Crippen LogP contribution >= 0.6 is 11.6 Å². The summed E-state index contributed by atoms with van der Waals surface area (Å²) in [5.41, 5.74) is 1.93. The lowest BCUT2D eigenvalue weighted by molar-refractivity contribution is -0.0918. The number of alkyl halides is 2. The molecule has 3 aromatic heterocycles. The number of ether oxygens (including phenoxy) is 4. The zero-order valence-electron chi connectivity index (χ0n) is 28.7. The normalized spacial score (nSPS) is 22.3. The monoisotopic (exact) mass is 715 g/mol. The first kappa shape index (κ1) is 35.9. The number of nitrogens with one attached hydrogen (secondary N) is 1. The van der Waals surface area contributed by atoms with Crippen molar-refractivity contribution in [1.82, 2.24) is 39.4 Å². The van der Waals surface area contributed by atoms with Crippen molar-refractivity contribution in [3.8, 4) is 22.8 Å². The summed E-state index contributed by atoms with van der Waals surface area (Å²) in [4.78, 5) is 15.5. The SMILES string of the molecule is COCC(F)(F)COc1nn(C2CCC(N3C[C@@H](C)O[C@@H](C)C3)CC2)cc1Nc1ncc(-c2ccc(Cl)c(OC(C)Cn3cncn3)c2)cn1. The summed E-state index contributed by atoms with van der Waals surface area (Å²) >= 11 is 6.44. The Morgan fingerprint density at radius 2 is 1.76 bits per heavy atom. The molecule has 1 saturated heterocycles. The summed E-state index contributed by atoms with van der Waals surface area (Å²) in [6.07, 6.45) is 12.2. The number of methoxy groups -OCH3 is 1. The summed E-state index contributed by atoms with van der Waals surface area (Å²) in [7, 11) is 1.23. The van der Waals surface area contributed by atoms with Gasteiger partial charge in [-0.25, -0.2) is 28.4 Å². The molecule has 1 aliphatic heterocycles. The molecular formula is C34H44ClF2N9O4. The summed E-state index contributed by atoms with van der Waals surface area (Å²) in [5, 5.41) is 12.3. The highest BCUT2D eigenvalue weighted by atomic mass is 35.5. The molecule has 0 radical (unpaired) electrons. The van der Waals surface area contributed by atoms with Crippen LogP contribution in [0.3, 0.4) is 0 Å². The Kier molecular flexibility index (Phi) is 11.5. The lowest BCUT2D eigenvalue weighted by Crippen LogP contribution is -2.51. The zero-order chi connectivity index (χ0) is 35.3. The Hall–Kier alpha value is -3.92. The van der Waals surface area contributed by atoms with Crippen molar-refractivity contribution in [3.63, 3.8) is 0 Å². The molecule has 6 rings (SSSR count). The van der Waals surface area contributed by atoms with Crippen molar-refractivity contribution in [2.75, 3.05) is 38.7 Å². The second-order valence-electron chi connectivity index (χ2n) is 13.2. The summed E-state index contributed by atoms with van der Waals surface area (Å²) < 4.78 is 54.5. The third kappa shape index (κ3) is 9.24. The minimum Gasteiger partial charge on any atom is -0.487 e. The maximum Gasteiger partial charge on any atom is 0.304 e. The van der Waals surface area contributed by atoms with Gasteiger partial charge in [0.15, 0.2) is 6.61 Å². The standard InChI is InChI=1S/C34H44ClF2N9O4/c1-22-14-44(15-23(2)49-22)27-6-8-28(9-7-27)46-17-30(32(43-46)48-19-34(36,37)18-47-4)42-33-39-12-26(13-40-33)25-5-10-29(35)31(11-25)50-24(3)16-45-21-38-20-41-45/h5,10-13,17,20-24,27-28H,6-9,14-16,18-19H2,1-4H3,(H,39,40,42)/t22-,23+,24?,27?,28?. The molecule has 0 amide bonds. The Labute approximate surface area is 295 Å². The molecule has 13 nitrogen and oxygen atoms in total. The fourth-order valence-electron chi connectivity index (χ4n) is 6.66. The molecule has 50 heavy (non-hydrogen) atoms. The van der Waals surface area contributed by atoms with E-state index in [0.29, 0.717) is 29.0 Å². The number of nitrogens with zero attached hydrogens (tertiary/aromatic N) is 8. The van der Waals surface area contributed by atoms with Crippen LogP contribution in [0.2, 0.25) is 5.02 Å². The van der Waals surface area contributed by atoms with E-state index in [4.69, 9.17) is 25.8 Å². The van der Waals surface area contributed by atoms with Crippen LogP contribution in [0.25, 0.3) is 11.1 Å². The van der Waals surface area contributed by atoms with E-state index >= 15 is 0 Å². The van der Waals surface area contributed by atoms with Crippen LogP contribution < -0.4 is 14.8 Å². The van der Waals surface area contributed by atoms with Crippen LogP contribution in [0.15, 0.2) is 49.4 Å². The van der Waals surface area contributed by atoms with Gasteiger partial charge in [-0.2, -0.15) is 5.10 Å². The summed E-state index contributed by atoms with van der Waals surface area (Å²) in [6.45, 7) is 6.88. The molecule has 3 atom stereocenters. The molecule has 16 heteroatoms. The number of aromatic nitrogens is 7. The molecule has 4 aromatic rings. The second kappa shape index (κ2) is 16.0. The van der Waals surface area contributed by atoms with Crippen molar-refractivity contribution in [3.05, 3.63) is 54.5 Å². The first-order chi connectivity index (χ1) is 24.0. The minimum atomic E-state index is -3.19. The lowest BCUT2D eigenvalue weighted by atomic mass is 9.89. The zero-order valence-corrected chi connectivity index (χ0v) is 29.5. The minimum absolute atomic E-state index is 0.0471. The smallest absolute Gasteiger partial charge is 0.304 e. The topological polar surface area (TPSA) is 127 Å². The number of halogens is 3. The van der Waals surface area contributed by atoms with E-state index in [1.807, 2.05) is 23.7 Å². The molecule has 2 fully saturated rings. The molecular weight excluding hydrogens is 672 g/mol. The average Bonchev–Trinajstić information content (AvgIpc) is 3.75. The molecule has 1 aliphatic carbocycles. The highest BCUT2D eigenvalue weighted by Gasteiger charge is 2.34. The Morgan fingerprint density at radius 1 is 1.04 bits per heavy atom. The number of hydrogen-bond acceptors (Lipinski definition) is 11. The predicted molar refractivity (Wildman–Crippen MR) is 183 cm³/mol. The maximum absolute atomic E-state index is 14.4. The van der Waals surface area contributed by atoms with Crippen LogP contribution in [0, 0.1) is 0 Å². The molecule has 1 aromatic carbocycles. The van der Waals surface area contributed by atoms with Crippen LogP contribution in [0.1, 0.15) is 52.5 Å². The van der Waals surface area contributed by atoms with Gasteiger partial charge in [-0.3, -0.25) is 9.58 Å². The van der Waals surface area contributed by atoms with Gasteiger partial charge in [0, 0.05) is 44.2 Å². The number of rotatable bonds is 14. The predicted octanol–water partition coefficient (Wildman–Crippen LogP) is 6.05. The van der Waals surface area contributed by atoms with Crippen molar-refractivity contribution in [2.45, 2.75) is 89.3 Å². The van der Waals surface area contributed by atoms with E-state index in [9.17, 15) is 8.78 Å². The highest BCUT2D eigenvalue weighted by Crippen LogP contribution is 2.36. The lowest BCUT2D eigenvalue weighted by Gasteiger charge is -2.42. The molecule has 1 N–H and O–H groups in total. The average molecular weight is 716 g/mol. The molecule has 270 valence electrons. The summed E-state index contributed by atoms with van der Waals surface area (Å²) in [5.74, 6) is -2.37. The van der Waals surface area contributed by atoms with Gasteiger partial charge in [0.05, 0.1) is 36.0 Å². The van der Waals surface area contributed by atoms with Gasteiger partial charge in [0.2, 0.25) is 5.95 Å². The van der Waals surface area contributed by atoms with Crippen LogP contribution in [-0.4, -0.2) is 103 Å². The van der Waals surface area contributed by atoms with Crippen molar-refractivity contribution < 1.29 is 27.7 Å². The van der Waals surface area contributed by atoms with Gasteiger partial charge >= 0.3 is 5.92 Å². The first-order valence-electron chi connectivity index (χ1n) is 16.9. The Balaban J connectivity index is 1.14. The van der Waals surface area contributed by atoms with Crippen LogP contribution in [0.5, 0.6) is 11.6 Å². The third-order valence-corrected chi connectivity index (χ3v) is 9.19. The van der Waals surface area contributed by atoms with Crippen LogP contribution in [-0.2, 0) is 16.0 Å². The molecule has 1 saturated carbocycles. The van der Waals surface area contributed by atoms with E-state index in [1.165, 1.54) is 13.4 Å². The van der Waals surface area contributed by atoms with Gasteiger partial charge in [-0.05, 0) is 64.2 Å². The van der Waals surface area contributed by atoms with Gasteiger partial charge in [-0.15, -0.1) is 5.10 Å².